The Kier molecular flexibility index (Phi) is 10.5. The fraction of sp³-hybridized carbons (Fsp3) is 0.846. The van der Waals surface area contributed by atoms with E-state index in [-0.39, 0.29) is 0 Å². The molecule has 1 heteroatoms. The molecule has 0 aliphatic carbocycles. The molecule has 0 radical (unpaired) electrons. The summed E-state index contributed by atoms with van der Waals surface area (Å²) in [4.78, 5) is 0. The van der Waals surface area contributed by atoms with Gasteiger partial charge in [0.05, 0.1) is 0 Å². The van der Waals surface area contributed by atoms with Crippen molar-refractivity contribution in [2.75, 3.05) is 0 Å². The van der Waals surface area contributed by atoms with Crippen LogP contribution in [-0.2, 0) is 0 Å². The van der Waals surface area contributed by atoms with Gasteiger partial charge in [0, 0.05) is 6.04 Å². The number of hydrogen-bond acceptors (Lipinski definition) is 1. The fourth-order valence-corrected chi connectivity index (χ4v) is 1.66. The van der Waals surface area contributed by atoms with Gasteiger partial charge in [-0.2, -0.15) is 0 Å². The SMILES string of the molecule is C=CCCC(N)CCCCCCCC. The molecule has 0 amide bonds. The molecule has 0 saturated heterocycles. The van der Waals surface area contributed by atoms with Crippen LogP contribution in [0.2, 0.25) is 0 Å². The molecule has 0 heterocycles. The first-order chi connectivity index (χ1) is 6.81. The highest BCUT2D eigenvalue weighted by Gasteiger charge is 2.00. The summed E-state index contributed by atoms with van der Waals surface area (Å²) >= 11 is 0. The normalized spacial score (nSPS) is 12.7. The predicted molar refractivity (Wildman–Crippen MR) is 65.4 cm³/mol. The van der Waals surface area contributed by atoms with Crippen LogP contribution in [0.3, 0.4) is 0 Å². The van der Waals surface area contributed by atoms with Crippen molar-refractivity contribution in [2.24, 2.45) is 5.73 Å². The van der Waals surface area contributed by atoms with Crippen LogP contribution in [0.1, 0.15) is 64.7 Å². The molecule has 0 rings (SSSR count). The van der Waals surface area contributed by atoms with Crippen molar-refractivity contribution in [3.63, 3.8) is 0 Å². The molecule has 0 aromatic carbocycles. The lowest BCUT2D eigenvalue weighted by atomic mass is 10.0. The van der Waals surface area contributed by atoms with E-state index < -0.39 is 0 Å². The molecule has 0 aliphatic heterocycles. The van der Waals surface area contributed by atoms with E-state index in [0.717, 1.165) is 12.8 Å². The fourth-order valence-electron chi connectivity index (χ4n) is 1.66. The Labute approximate surface area is 89.8 Å². The summed E-state index contributed by atoms with van der Waals surface area (Å²) in [5.41, 5.74) is 5.95. The van der Waals surface area contributed by atoms with Gasteiger partial charge in [-0.15, -0.1) is 6.58 Å². The van der Waals surface area contributed by atoms with Gasteiger partial charge in [-0.25, -0.2) is 0 Å². The minimum atomic E-state index is 0.402. The molecule has 1 unspecified atom stereocenters. The van der Waals surface area contributed by atoms with Crippen LogP contribution in [-0.4, -0.2) is 6.04 Å². The first-order valence-electron chi connectivity index (χ1n) is 6.17. The van der Waals surface area contributed by atoms with E-state index in [1.165, 1.54) is 44.9 Å². The van der Waals surface area contributed by atoms with Crippen LogP contribution in [0.5, 0.6) is 0 Å². The van der Waals surface area contributed by atoms with E-state index in [4.69, 9.17) is 5.73 Å². The summed E-state index contributed by atoms with van der Waals surface area (Å²) in [5.74, 6) is 0. The second-order valence-corrected chi connectivity index (χ2v) is 4.18. The van der Waals surface area contributed by atoms with Crippen molar-refractivity contribution in [1.82, 2.24) is 0 Å². The zero-order valence-electron chi connectivity index (χ0n) is 9.80. The van der Waals surface area contributed by atoms with E-state index in [0.29, 0.717) is 6.04 Å². The Morgan fingerprint density at radius 3 is 2.36 bits per heavy atom. The van der Waals surface area contributed by atoms with Crippen LogP contribution in [0.25, 0.3) is 0 Å². The molecule has 0 saturated carbocycles. The van der Waals surface area contributed by atoms with Crippen molar-refractivity contribution < 1.29 is 0 Å². The first-order valence-corrected chi connectivity index (χ1v) is 6.17. The maximum Gasteiger partial charge on any atom is 0.00417 e. The van der Waals surface area contributed by atoms with Gasteiger partial charge in [0.2, 0.25) is 0 Å². The summed E-state index contributed by atoms with van der Waals surface area (Å²) in [6.07, 6.45) is 13.5. The molecular weight excluding hydrogens is 170 g/mol. The molecular formula is C13H27N. The second kappa shape index (κ2) is 10.8. The zero-order chi connectivity index (χ0) is 10.6. The summed E-state index contributed by atoms with van der Waals surface area (Å²) in [6.45, 7) is 5.96. The van der Waals surface area contributed by atoms with Crippen LogP contribution in [0, 0.1) is 0 Å². The van der Waals surface area contributed by atoms with Crippen LogP contribution in [0.15, 0.2) is 12.7 Å². The van der Waals surface area contributed by atoms with E-state index in [1.54, 1.807) is 0 Å². The molecule has 0 fully saturated rings. The molecule has 0 aromatic heterocycles. The van der Waals surface area contributed by atoms with Gasteiger partial charge >= 0.3 is 0 Å². The quantitative estimate of drug-likeness (QED) is 0.415. The Balaban J connectivity index is 3.06. The van der Waals surface area contributed by atoms with E-state index in [9.17, 15) is 0 Å². The standard InChI is InChI=1S/C13H27N/c1-3-5-7-8-9-10-12-13(14)11-6-4-2/h4,13H,2-3,5-12,14H2,1H3. The van der Waals surface area contributed by atoms with Gasteiger partial charge in [0.25, 0.3) is 0 Å². The minimum Gasteiger partial charge on any atom is -0.328 e. The summed E-state index contributed by atoms with van der Waals surface area (Å²) in [6, 6.07) is 0.402. The van der Waals surface area contributed by atoms with Crippen molar-refractivity contribution in [2.45, 2.75) is 70.8 Å². The lowest BCUT2D eigenvalue weighted by Crippen LogP contribution is -2.19. The van der Waals surface area contributed by atoms with Gasteiger partial charge in [0.1, 0.15) is 0 Å². The van der Waals surface area contributed by atoms with Crippen molar-refractivity contribution in [3.8, 4) is 0 Å². The molecule has 2 N–H and O–H groups in total. The van der Waals surface area contributed by atoms with Gasteiger partial charge < -0.3 is 5.73 Å². The monoisotopic (exact) mass is 197 g/mol. The first kappa shape index (κ1) is 13.7. The largest absolute Gasteiger partial charge is 0.328 e. The third kappa shape index (κ3) is 9.79. The Morgan fingerprint density at radius 2 is 1.71 bits per heavy atom. The molecule has 0 bridgehead atoms. The highest BCUT2D eigenvalue weighted by atomic mass is 14.6. The molecule has 84 valence electrons. The van der Waals surface area contributed by atoms with Gasteiger partial charge in [-0.1, -0.05) is 51.5 Å². The van der Waals surface area contributed by atoms with E-state index in [2.05, 4.69) is 13.5 Å². The van der Waals surface area contributed by atoms with Crippen molar-refractivity contribution >= 4 is 0 Å². The van der Waals surface area contributed by atoms with Crippen LogP contribution >= 0.6 is 0 Å². The average molecular weight is 197 g/mol. The van der Waals surface area contributed by atoms with Gasteiger partial charge in [0.15, 0.2) is 0 Å². The van der Waals surface area contributed by atoms with Crippen LogP contribution in [0.4, 0.5) is 0 Å². The third-order valence-corrected chi connectivity index (χ3v) is 2.67. The molecule has 1 atom stereocenters. The lowest BCUT2D eigenvalue weighted by molar-refractivity contribution is 0.515. The Morgan fingerprint density at radius 1 is 1.07 bits per heavy atom. The highest BCUT2D eigenvalue weighted by molar-refractivity contribution is 4.71. The maximum atomic E-state index is 5.95. The highest BCUT2D eigenvalue weighted by Crippen LogP contribution is 2.09. The summed E-state index contributed by atoms with van der Waals surface area (Å²) in [5, 5.41) is 0. The number of hydrogen-bond donors (Lipinski definition) is 1. The van der Waals surface area contributed by atoms with Crippen LogP contribution < -0.4 is 5.73 Å². The zero-order valence-corrected chi connectivity index (χ0v) is 9.80. The molecule has 14 heavy (non-hydrogen) atoms. The van der Waals surface area contributed by atoms with Crippen molar-refractivity contribution in [3.05, 3.63) is 12.7 Å². The third-order valence-electron chi connectivity index (χ3n) is 2.67. The predicted octanol–water partition coefficient (Wildman–Crippen LogP) is 4.03. The minimum absolute atomic E-state index is 0.402. The smallest absolute Gasteiger partial charge is 0.00417 e. The van der Waals surface area contributed by atoms with Gasteiger partial charge in [-0.05, 0) is 19.3 Å². The number of allylic oxidation sites excluding steroid dienone is 1. The topological polar surface area (TPSA) is 26.0 Å². The molecule has 1 nitrogen and oxygen atoms in total. The number of rotatable bonds is 10. The van der Waals surface area contributed by atoms with E-state index >= 15 is 0 Å². The van der Waals surface area contributed by atoms with Crippen molar-refractivity contribution in [1.29, 1.82) is 0 Å². The maximum absolute atomic E-state index is 5.95. The average Bonchev–Trinajstić information content (AvgIpc) is 2.20. The second-order valence-electron chi connectivity index (χ2n) is 4.18. The lowest BCUT2D eigenvalue weighted by Gasteiger charge is -2.09. The molecule has 0 aromatic rings. The van der Waals surface area contributed by atoms with Gasteiger partial charge in [-0.3, -0.25) is 0 Å². The number of nitrogens with two attached hydrogens (primary N) is 1. The summed E-state index contributed by atoms with van der Waals surface area (Å²) < 4.78 is 0. The Hall–Kier alpha value is -0.300. The number of unbranched alkanes of at least 4 members (excludes halogenated alkanes) is 5. The molecule has 0 aliphatic rings. The molecule has 0 spiro atoms. The summed E-state index contributed by atoms with van der Waals surface area (Å²) in [7, 11) is 0. The van der Waals surface area contributed by atoms with E-state index in [1.807, 2.05) is 6.08 Å². The Bertz CT molecular complexity index is 120.